The maximum absolute atomic E-state index is 12.4. The van der Waals surface area contributed by atoms with Crippen LogP contribution in [0.1, 0.15) is 18.4 Å². The molecule has 1 aromatic carbocycles. The van der Waals surface area contributed by atoms with Gasteiger partial charge in [0.2, 0.25) is 5.91 Å². The van der Waals surface area contributed by atoms with Gasteiger partial charge in [-0.3, -0.25) is 15.0 Å². The Labute approximate surface area is 143 Å². The van der Waals surface area contributed by atoms with Crippen molar-refractivity contribution in [3.05, 3.63) is 35.9 Å². The highest BCUT2D eigenvalue weighted by Crippen LogP contribution is 2.14. The van der Waals surface area contributed by atoms with Gasteiger partial charge in [-0.15, -0.1) is 11.8 Å². The molecule has 0 radical (unpaired) electrons. The molecule has 0 aliphatic carbocycles. The van der Waals surface area contributed by atoms with Crippen molar-refractivity contribution in [3.63, 3.8) is 0 Å². The van der Waals surface area contributed by atoms with E-state index >= 15 is 0 Å². The van der Waals surface area contributed by atoms with Crippen molar-refractivity contribution < 1.29 is 4.79 Å². The Bertz CT molecular complexity index is 482. The van der Waals surface area contributed by atoms with Gasteiger partial charge in [-0.05, 0) is 31.4 Å². The number of hydrogen-bond acceptors (Lipinski definition) is 4. The van der Waals surface area contributed by atoms with Crippen LogP contribution in [0.2, 0.25) is 0 Å². The van der Waals surface area contributed by atoms with E-state index in [-0.39, 0.29) is 6.04 Å². The van der Waals surface area contributed by atoms with Gasteiger partial charge in [0.05, 0.1) is 6.04 Å². The molecule has 4 nitrogen and oxygen atoms in total. The topological polar surface area (TPSA) is 35.6 Å². The lowest BCUT2D eigenvalue weighted by molar-refractivity contribution is -0.134. The zero-order chi connectivity index (χ0) is 15.9. The zero-order valence-corrected chi connectivity index (χ0v) is 14.6. The fraction of sp³-hybridized carbons (Fsp3) is 0.611. The maximum atomic E-state index is 12.4. The molecule has 1 amide bonds. The molecule has 2 aliphatic heterocycles. The molecule has 3 rings (SSSR count). The van der Waals surface area contributed by atoms with Crippen molar-refractivity contribution in [2.75, 3.05) is 44.4 Å². The van der Waals surface area contributed by atoms with Gasteiger partial charge >= 0.3 is 0 Å². The average molecular weight is 334 g/mol. The highest BCUT2D eigenvalue weighted by atomic mass is 32.2. The van der Waals surface area contributed by atoms with Gasteiger partial charge in [-0.25, -0.2) is 0 Å². The van der Waals surface area contributed by atoms with Gasteiger partial charge in [-0.2, -0.15) is 0 Å². The Hall–Kier alpha value is -1.04. The third-order valence-electron chi connectivity index (χ3n) is 4.73. The van der Waals surface area contributed by atoms with Crippen molar-refractivity contribution in [1.82, 2.24) is 15.1 Å². The third-order valence-corrected chi connectivity index (χ3v) is 5.67. The highest BCUT2D eigenvalue weighted by Gasteiger charge is 2.29. The van der Waals surface area contributed by atoms with E-state index in [0.29, 0.717) is 5.91 Å². The standard InChI is InChI=1S/C18H27N3OS/c22-18(17-14-23-15-19-17)21-12-10-20(11-13-21)9-5-4-8-16-6-2-1-3-7-16/h1-3,6-7,17,19H,4-5,8-15H2. The SMILES string of the molecule is O=C(C1CSCN1)N1CCN(CCCCc2ccccc2)CC1. The summed E-state index contributed by atoms with van der Waals surface area (Å²) in [6.07, 6.45) is 3.65. The first-order valence-corrected chi connectivity index (χ1v) is 9.84. The van der Waals surface area contributed by atoms with E-state index in [9.17, 15) is 4.79 Å². The molecule has 1 N–H and O–H groups in total. The van der Waals surface area contributed by atoms with Crippen LogP contribution in [-0.4, -0.2) is 66.1 Å². The van der Waals surface area contributed by atoms with Crippen molar-refractivity contribution in [1.29, 1.82) is 0 Å². The monoisotopic (exact) mass is 333 g/mol. The normalized spacial score (nSPS) is 22.4. The molecule has 0 aromatic heterocycles. The summed E-state index contributed by atoms with van der Waals surface area (Å²) in [5, 5.41) is 3.28. The Kier molecular flexibility index (Phi) is 6.37. The predicted molar refractivity (Wildman–Crippen MR) is 96.6 cm³/mol. The van der Waals surface area contributed by atoms with Crippen molar-refractivity contribution in [2.45, 2.75) is 25.3 Å². The second kappa shape index (κ2) is 8.71. The lowest BCUT2D eigenvalue weighted by Crippen LogP contribution is -2.53. The van der Waals surface area contributed by atoms with Crippen LogP contribution >= 0.6 is 11.8 Å². The quantitative estimate of drug-likeness (QED) is 0.806. The molecular formula is C18H27N3OS. The van der Waals surface area contributed by atoms with Crippen LogP contribution in [0.15, 0.2) is 30.3 Å². The first-order valence-electron chi connectivity index (χ1n) is 8.69. The Morgan fingerprint density at radius 3 is 2.61 bits per heavy atom. The molecule has 1 aromatic rings. The fourth-order valence-corrected chi connectivity index (χ4v) is 4.21. The van der Waals surface area contributed by atoms with E-state index in [1.54, 1.807) is 0 Å². The van der Waals surface area contributed by atoms with E-state index in [0.717, 1.165) is 44.4 Å². The molecule has 0 spiro atoms. The van der Waals surface area contributed by atoms with Gasteiger partial charge in [0.15, 0.2) is 0 Å². The van der Waals surface area contributed by atoms with Gasteiger partial charge in [0.25, 0.3) is 0 Å². The average Bonchev–Trinajstić information content (AvgIpc) is 3.14. The molecule has 0 bridgehead atoms. The Morgan fingerprint density at radius 2 is 1.91 bits per heavy atom. The van der Waals surface area contributed by atoms with Gasteiger partial charge in [0, 0.05) is 37.8 Å². The number of amides is 1. The number of nitrogens with one attached hydrogen (secondary N) is 1. The summed E-state index contributed by atoms with van der Waals surface area (Å²) >= 11 is 1.82. The second-order valence-electron chi connectivity index (χ2n) is 6.38. The number of benzene rings is 1. The maximum Gasteiger partial charge on any atom is 0.240 e. The van der Waals surface area contributed by atoms with Crippen molar-refractivity contribution in [3.8, 4) is 0 Å². The van der Waals surface area contributed by atoms with Crippen LogP contribution in [0.3, 0.4) is 0 Å². The van der Waals surface area contributed by atoms with Crippen molar-refractivity contribution >= 4 is 17.7 Å². The number of nitrogens with zero attached hydrogens (tertiary/aromatic N) is 2. The minimum atomic E-state index is 0.0532. The van der Waals surface area contributed by atoms with E-state index in [1.165, 1.54) is 24.8 Å². The molecule has 1 unspecified atom stereocenters. The molecule has 2 aliphatic rings. The van der Waals surface area contributed by atoms with E-state index < -0.39 is 0 Å². The largest absolute Gasteiger partial charge is 0.339 e. The van der Waals surface area contributed by atoms with Gasteiger partial charge in [0.1, 0.15) is 0 Å². The Morgan fingerprint density at radius 1 is 1.13 bits per heavy atom. The summed E-state index contributed by atoms with van der Waals surface area (Å²) in [4.78, 5) is 16.9. The molecule has 2 heterocycles. The molecule has 2 fully saturated rings. The summed E-state index contributed by atoms with van der Waals surface area (Å²) in [5.74, 6) is 2.15. The lowest BCUT2D eigenvalue weighted by Gasteiger charge is -2.35. The third kappa shape index (κ3) is 4.96. The van der Waals surface area contributed by atoms with Crippen LogP contribution in [0.4, 0.5) is 0 Å². The predicted octanol–water partition coefficient (Wildman–Crippen LogP) is 1.82. The first kappa shape index (κ1) is 16.8. The second-order valence-corrected chi connectivity index (χ2v) is 7.41. The summed E-state index contributed by atoms with van der Waals surface area (Å²) < 4.78 is 0. The van der Waals surface area contributed by atoms with Crippen LogP contribution in [0.5, 0.6) is 0 Å². The molecule has 2 saturated heterocycles. The summed E-state index contributed by atoms with van der Waals surface area (Å²) in [7, 11) is 0. The minimum absolute atomic E-state index is 0.0532. The van der Waals surface area contributed by atoms with Crippen LogP contribution < -0.4 is 5.32 Å². The van der Waals surface area contributed by atoms with E-state index in [1.807, 2.05) is 16.7 Å². The number of rotatable bonds is 6. The zero-order valence-electron chi connectivity index (χ0n) is 13.7. The molecular weight excluding hydrogens is 306 g/mol. The Balaban J connectivity index is 1.31. The summed E-state index contributed by atoms with van der Waals surface area (Å²) in [6, 6.07) is 10.8. The van der Waals surface area contributed by atoms with E-state index in [4.69, 9.17) is 0 Å². The molecule has 1 atom stereocenters. The van der Waals surface area contributed by atoms with Crippen LogP contribution in [0.25, 0.3) is 0 Å². The number of carbonyl (C=O) groups excluding carboxylic acids is 1. The molecule has 0 saturated carbocycles. The number of hydrogen-bond donors (Lipinski definition) is 1. The van der Waals surface area contributed by atoms with Gasteiger partial charge in [-0.1, -0.05) is 30.3 Å². The number of piperazine rings is 1. The highest BCUT2D eigenvalue weighted by molar-refractivity contribution is 7.99. The molecule has 5 heteroatoms. The number of thioether (sulfide) groups is 1. The van der Waals surface area contributed by atoms with E-state index in [2.05, 4.69) is 40.5 Å². The molecule has 126 valence electrons. The van der Waals surface area contributed by atoms with Crippen LogP contribution in [-0.2, 0) is 11.2 Å². The lowest BCUT2D eigenvalue weighted by atomic mass is 10.1. The summed E-state index contributed by atoms with van der Waals surface area (Å²) in [5.41, 5.74) is 1.44. The fourth-order valence-electron chi connectivity index (χ4n) is 3.28. The molecule has 23 heavy (non-hydrogen) atoms. The number of aryl methyl sites for hydroxylation is 1. The first-order chi connectivity index (χ1) is 11.3. The summed E-state index contributed by atoms with van der Waals surface area (Å²) in [6.45, 7) is 4.99. The minimum Gasteiger partial charge on any atom is -0.339 e. The van der Waals surface area contributed by atoms with Crippen molar-refractivity contribution in [2.24, 2.45) is 0 Å². The van der Waals surface area contributed by atoms with Crippen LogP contribution in [0, 0.1) is 0 Å². The number of carbonyl (C=O) groups is 1. The smallest absolute Gasteiger partial charge is 0.240 e. The van der Waals surface area contributed by atoms with Gasteiger partial charge < -0.3 is 4.90 Å². The number of unbranched alkanes of at least 4 members (excludes halogenated alkanes) is 1.